The summed E-state index contributed by atoms with van der Waals surface area (Å²) in [5, 5.41) is 28.8. The van der Waals surface area contributed by atoms with Crippen LogP contribution in [0.5, 0.6) is 5.75 Å². The molecule has 1 saturated heterocycles. The molecule has 1 aromatic carbocycles. The van der Waals surface area contributed by atoms with Crippen molar-refractivity contribution in [2.24, 2.45) is 0 Å². The number of likely N-dealkylation sites (N-methyl/N-ethyl adjacent to an activating group) is 1. The quantitative estimate of drug-likeness (QED) is 0.601. The van der Waals surface area contributed by atoms with Gasteiger partial charge in [0.05, 0.1) is 10.9 Å². The Balaban J connectivity index is 2.20. The van der Waals surface area contributed by atoms with Crippen LogP contribution in [0.3, 0.4) is 0 Å². The van der Waals surface area contributed by atoms with Gasteiger partial charge in [0.1, 0.15) is 23.6 Å². The molecule has 0 bridgehead atoms. The van der Waals surface area contributed by atoms with Crippen LogP contribution in [0.15, 0.2) is 10.9 Å². The molecule has 2 aliphatic heterocycles. The Kier molecular flexibility index (Phi) is 4.84. The summed E-state index contributed by atoms with van der Waals surface area (Å²) in [5.41, 5.74) is -5.72. The van der Waals surface area contributed by atoms with Gasteiger partial charge in [-0.15, -0.1) is 0 Å². The van der Waals surface area contributed by atoms with Crippen molar-refractivity contribution in [2.75, 3.05) is 44.7 Å². The number of benzene rings is 1. The number of nitrogens with zero attached hydrogens (tertiary/aromatic N) is 3. The van der Waals surface area contributed by atoms with E-state index < -0.39 is 57.9 Å². The summed E-state index contributed by atoms with van der Waals surface area (Å²) in [5.74, 6) is -6.19. The molecule has 12 heteroatoms. The zero-order chi connectivity index (χ0) is 23.5. The lowest BCUT2D eigenvalue weighted by Gasteiger charge is -2.40. The van der Waals surface area contributed by atoms with E-state index in [0.717, 1.165) is 17.6 Å². The highest BCUT2D eigenvalue weighted by atomic mass is 19.1. The molecule has 0 amide bonds. The fourth-order valence-corrected chi connectivity index (χ4v) is 4.26. The molecule has 0 aliphatic carbocycles. The number of halogens is 1. The van der Waals surface area contributed by atoms with Crippen molar-refractivity contribution in [3.05, 3.63) is 33.4 Å². The van der Waals surface area contributed by atoms with Crippen LogP contribution in [0, 0.1) is 5.82 Å². The number of aliphatic carboxylic acids is 1. The van der Waals surface area contributed by atoms with Gasteiger partial charge >= 0.3 is 17.9 Å². The first kappa shape index (κ1) is 21.6. The first-order chi connectivity index (χ1) is 15.0. The molecule has 4 rings (SSSR count). The van der Waals surface area contributed by atoms with Gasteiger partial charge in [0.15, 0.2) is 17.1 Å². The van der Waals surface area contributed by atoms with E-state index in [2.05, 4.69) is 0 Å². The van der Waals surface area contributed by atoms with E-state index >= 15 is 4.39 Å². The second-order valence-corrected chi connectivity index (χ2v) is 8.09. The van der Waals surface area contributed by atoms with E-state index in [-0.39, 0.29) is 17.0 Å². The molecule has 0 saturated carbocycles. The number of carboxylic acid groups (broad SMARTS) is 3. The summed E-state index contributed by atoms with van der Waals surface area (Å²) in [4.78, 5) is 52.7. The Hall–Kier alpha value is -3.67. The zero-order valence-electron chi connectivity index (χ0n) is 17.2. The lowest BCUT2D eigenvalue weighted by molar-refractivity contribution is -0.148. The van der Waals surface area contributed by atoms with Gasteiger partial charge in [-0.2, -0.15) is 0 Å². The minimum Gasteiger partial charge on any atom is -0.486 e. The monoisotopic (exact) mass is 449 g/mol. The maximum Gasteiger partial charge on any atom is 0.353 e. The van der Waals surface area contributed by atoms with Gasteiger partial charge < -0.3 is 34.4 Å². The molecular formula is C20H20FN3O8. The minimum absolute atomic E-state index is 0.0226. The highest BCUT2D eigenvalue weighted by Crippen LogP contribution is 2.44. The Morgan fingerprint density at radius 1 is 1.09 bits per heavy atom. The van der Waals surface area contributed by atoms with Crippen molar-refractivity contribution in [3.8, 4) is 5.75 Å². The molecule has 3 N–H and O–H groups in total. The van der Waals surface area contributed by atoms with Crippen molar-refractivity contribution in [1.29, 1.82) is 0 Å². The van der Waals surface area contributed by atoms with Crippen molar-refractivity contribution >= 4 is 34.5 Å². The van der Waals surface area contributed by atoms with E-state index in [1.165, 1.54) is 0 Å². The van der Waals surface area contributed by atoms with Crippen LogP contribution in [-0.4, -0.2) is 82.5 Å². The van der Waals surface area contributed by atoms with Crippen LogP contribution in [0.2, 0.25) is 0 Å². The number of carbonyl (C=O) groups is 3. The second-order valence-electron chi connectivity index (χ2n) is 8.09. The lowest BCUT2D eigenvalue weighted by Crippen LogP contribution is -2.50. The number of ether oxygens (including phenoxy) is 1. The average Bonchev–Trinajstić information content (AvgIpc) is 2.71. The molecular weight excluding hydrogens is 429 g/mol. The fourth-order valence-electron chi connectivity index (χ4n) is 4.26. The Morgan fingerprint density at radius 2 is 1.72 bits per heavy atom. The van der Waals surface area contributed by atoms with Crippen LogP contribution in [0.4, 0.5) is 10.1 Å². The van der Waals surface area contributed by atoms with Crippen LogP contribution in [-0.2, 0) is 10.3 Å². The third-order valence-electron chi connectivity index (χ3n) is 6.03. The Bertz CT molecular complexity index is 1250. The van der Waals surface area contributed by atoms with Crippen molar-refractivity contribution in [3.63, 3.8) is 0 Å². The molecule has 2 aromatic rings. The van der Waals surface area contributed by atoms with Crippen LogP contribution < -0.4 is 15.1 Å². The number of aromatic carboxylic acids is 2. The molecule has 1 fully saturated rings. The summed E-state index contributed by atoms with van der Waals surface area (Å²) < 4.78 is 21.7. The highest BCUT2D eigenvalue weighted by Gasteiger charge is 2.46. The third-order valence-corrected chi connectivity index (χ3v) is 6.03. The number of piperazine rings is 1. The lowest BCUT2D eigenvalue weighted by atomic mass is 9.95. The maximum absolute atomic E-state index is 15.3. The van der Waals surface area contributed by atoms with Crippen molar-refractivity contribution in [1.82, 2.24) is 9.47 Å². The van der Waals surface area contributed by atoms with E-state index in [0.29, 0.717) is 26.2 Å². The largest absolute Gasteiger partial charge is 0.486 e. The number of carboxylic acids is 3. The van der Waals surface area contributed by atoms with Crippen molar-refractivity contribution in [2.45, 2.75) is 12.5 Å². The molecule has 11 nitrogen and oxygen atoms in total. The number of rotatable bonds is 4. The Labute approximate surface area is 179 Å². The standard InChI is InChI=1S/C20H20FN3O8/c1-20(19(30)31)8-32-16-12-9(7-10(21)13(16)23-5-3-22(2)4-6-23)15(25)11(17(26)27)14(18(28)29)24(12)20/h7H,3-6,8H2,1-2H3,(H,26,27)(H,28,29)(H,30,31)/t20-/m0/s1. The molecule has 32 heavy (non-hydrogen) atoms. The summed E-state index contributed by atoms with van der Waals surface area (Å²) in [6.45, 7) is 2.59. The van der Waals surface area contributed by atoms with E-state index in [1.807, 2.05) is 11.9 Å². The topological polar surface area (TPSA) is 150 Å². The minimum atomic E-state index is -2.06. The highest BCUT2D eigenvalue weighted by molar-refractivity contribution is 6.06. The number of pyridine rings is 1. The average molecular weight is 449 g/mol. The van der Waals surface area contributed by atoms with Gasteiger partial charge in [-0.3, -0.25) is 4.79 Å². The Morgan fingerprint density at radius 3 is 2.25 bits per heavy atom. The van der Waals surface area contributed by atoms with Gasteiger partial charge in [-0.05, 0) is 20.0 Å². The molecule has 1 aromatic heterocycles. The third kappa shape index (κ3) is 2.90. The first-order valence-electron chi connectivity index (χ1n) is 9.71. The number of hydrogen-bond acceptors (Lipinski definition) is 7. The molecule has 170 valence electrons. The van der Waals surface area contributed by atoms with Gasteiger partial charge in [0.2, 0.25) is 5.43 Å². The maximum atomic E-state index is 15.3. The summed E-state index contributed by atoms with van der Waals surface area (Å²) in [7, 11) is 1.90. The predicted molar refractivity (Wildman–Crippen MR) is 109 cm³/mol. The van der Waals surface area contributed by atoms with E-state index in [9.17, 15) is 34.5 Å². The normalized spacial score (nSPS) is 20.8. The summed E-state index contributed by atoms with van der Waals surface area (Å²) in [6.07, 6.45) is 0. The second kappa shape index (κ2) is 7.19. The molecule has 1 atom stereocenters. The summed E-state index contributed by atoms with van der Waals surface area (Å²) >= 11 is 0. The SMILES string of the molecule is CN1CCN(c2c(F)cc3c(=O)c(C(=O)O)c(C(=O)O)n4c3c2OC[C@@]4(C)C(=O)O)CC1. The molecule has 0 radical (unpaired) electrons. The van der Waals surface area contributed by atoms with Crippen LogP contribution in [0.1, 0.15) is 27.8 Å². The van der Waals surface area contributed by atoms with Gasteiger partial charge in [-0.1, -0.05) is 0 Å². The van der Waals surface area contributed by atoms with Crippen molar-refractivity contribution < 1.29 is 38.8 Å². The number of hydrogen-bond donors (Lipinski definition) is 3. The number of anilines is 1. The van der Waals surface area contributed by atoms with E-state index in [4.69, 9.17) is 4.74 Å². The molecule has 0 spiro atoms. The van der Waals surface area contributed by atoms with Gasteiger partial charge in [-0.25, -0.2) is 18.8 Å². The summed E-state index contributed by atoms with van der Waals surface area (Å²) in [6, 6.07) is 0.820. The van der Waals surface area contributed by atoms with Crippen LogP contribution in [0.25, 0.3) is 10.9 Å². The molecule has 2 aliphatic rings. The van der Waals surface area contributed by atoms with Gasteiger partial charge in [0.25, 0.3) is 0 Å². The van der Waals surface area contributed by atoms with Crippen LogP contribution >= 0.6 is 0 Å². The predicted octanol–water partition coefficient (Wildman–Crippen LogP) is 0.481. The van der Waals surface area contributed by atoms with Gasteiger partial charge in [0, 0.05) is 26.2 Å². The molecule has 3 heterocycles. The fraction of sp³-hybridized carbons (Fsp3) is 0.400. The first-order valence-corrected chi connectivity index (χ1v) is 9.71. The molecule has 0 unspecified atom stereocenters. The van der Waals surface area contributed by atoms with E-state index in [1.54, 1.807) is 4.90 Å². The smallest absolute Gasteiger partial charge is 0.353 e. The zero-order valence-corrected chi connectivity index (χ0v) is 17.2. The number of aromatic nitrogens is 1.